The highest BCUT2D eigenvalue weighted by molar-refractivity contribution is 5.82. The van der Waals surface area contributed by atoms with E-state index in [0.717, 1.165) is 31.8 Å². The largest absolute Gasteiger partial charge is 0.299 e. The lowest BCUT2D eigenvalue weighted by Gasteiger charge is -2.41. The highest BCUT2D eigenvalue weighted by Gasteiger charge is 2.32. The van der Waals surface area contributed by atoms with Crippen LogP contribution in [-0.4, -0.2) is 29.8 Å². The van der Waals surface area contributed by atoms with Gasteiger partial charge in [0.05, 0.1) is 0 Å². The van der Waals surface area contributed by atoms with E-state index in [1.807, 2.05) is 0 Å². The van der Waals surface area contributed by atoms with Gasteiger partial charge in [-0.2, -0.15) is 0 Å². The summed E-state index contributed by atoms with van der Waals surface area (Å²) in [7, 11) is 0. The Hall–Kier alpha value is -0.370. The van der Waals surface area contributed by atoms with Crippen molar-refractivity contribution in [3.05, 3.63) is 0 Å². The van der Waals surface area contributed by atoms with Crippen molar-refractivity contribution in [2.45, 2.75) is 91.5 Å². The Bertz CT molecular complexity index is 279. The molecule has 0 unspecified atom stereocenters. The molecule has 0 aromatic heterocycles. The van der Waals surface area contributed by atoms with Crippen molar-refractivity contribution in [2.75, 3.05) is 13.1 Å². The monoisotopic (exact) mass is 295 g/mol. The lowest BCUT2D eigenvalue weighted by Crippen LogP contribution is -2.53. The van der Waals surface area contributed by atoms with E-state index in [-0.39, 0.29) is 0 Å². The lowest BCUT2D eigenvalue weighted by atomic mass is 9.90. The van der Waals surface area contributed by atoms with Crippen molar-refractivity contribution >= 4 is 5.78 Å². The summed E-state index contributed by atoms with van der Waals surface area (Å²) in [6.45, 7) is 11.0. The first kappa shape index (κ1) is 18.7. The molecule has 1 rings (SSSR count). The van der Waals surface area contributed by atoms with Crippen molar-refractivity contribution in [3.8, 4) is 0 Å². The number of ketones is 1. The molecule has 0 aromatic rings. The van der Waals surface area contributed by atoms with Crippen LogP contribution in [-0.2, 0) is 4.79 Å². The molecule has 1 aliphatic heterocycles. The van der Waals surface area contributed by atoms with Gasteiger partial charge in [0.1, 0.15) is 5.78 Å². The molecule has 2 heteroatoms. The third-order valence-electron chi connectivity index (χ3n) is 4.80. The summed E-state index contributed by atoms with van der Waals surface area (Å²) < 4.78 is 0. The number of likely N-dealkylation sites (tertiary alicyclic amines) is 1. The smallest absolute Gasteiger partial charge is 0.138 e. The SMILES string of the molecule is CC(C)CCCCCCCCCC(=O)C1CN(C(C)C)C1. The Morgan fingerprint density at radius 1 is 0.905 bits per heavy atom. The number of rotatable bonds is 12. The minimum Gasteiger partial charge on any atom is -0.299 e. The van der Waals surface area contributed by atoms with E-state index in [1.165, 1.54) is 44.9 Å². The van der Waals surface area contributed by atoms with Crippen molar-refractivity contribution in [1.29, 1.82) is 0 Å². The Morgan fingerprint density at radius 3 is 1.95 bits per heavy atom. The number of nitrogens with zero attached hydrogens (tertiary/aromatic N) is 1. The Morgan fingerprint density at radius 2 is 1.43 bits per heavy atom. The normalized spacial score (nSPS) is 16.7. The van der Waals surface area contributed by atoms with Crippen LogP contribution in [0.15, 0.2) is 0 Å². The molecular formula is C19H37NO. The molecule has 124 valence electrons. The molecular weight excluding hydrogens is 258 g/mol. The molecule has 1 saturated heterocycles. The van der Waals surface area contributed by atoms with Gasteiger partial charge in [-0.25, -0.2) is 0 Å². The minimum absolute atomic E-state index is 0.350. The molecule has 0 N–H and O–H groups in total. The van der Waals surface area contributed by atoms with Crippen molar-refractivity contribution in [2.24, 2.45) is 11.8 Å². The third kappa shape index (κ3) is 7.99. The summed E-state index contributed by atoms with van der Waals surface area (Å²) in [6, 6.07) is 0.602. The fraction of sp³-hybridized carbons (Fsp3) is 0.947. The molecule has 1 aliphatic rings. The quantitative estimate of drug-likeness (QED) is 0.469. The Balaban J connectivity index is 1.85. The molecule has 0 aliphatic carbocycles. The summed E-state index contributed by atoms with van der Waals surface area (Å²) in [5.41, 5.74) is 0. The van der Waals surface area contributed by atoms with Gasteiger partial charge in [-0.05, 0) is 26.2 Å². The van der Waals surface area contributed by atoms with Crippen LogP contribution in [0.2, 0.25) is 0 Å². The van der Waals surface area contributed by atoms with Crippen molar-refractivity contribution in [1.82, 2.24) is 4.90 Å². The third-order valence-corrected chi connectivity index (χ3v) is 4.80. The Labute approximate surface area is 132 Å². The zero-order valence-electron chi connectivity index (χ0n) is 14.9. The highest BCUT2D eigenvalue weighted by Crippen LogP contribution is 2.21. The van der Waals surface area contributed by atoms with Gasteiger partial charge in [0.25, 0.3) is 0 Å². The van der Waals surface area contributed by atoms with E-state index < -0.39 is 0 Å². The molecule has 21 heavy (non-hydrogen) atoms. The average molecular weight is 296 g/mol. The van der Waals surface area contributed by atoms with Gasteiger partial charge in [0.2, 0.25) is 0 Å². The number of carbonyl (C=O) groups is 1. The fourth-order valence-electron chi connectivity index (χ4n) is 3.08. The van der Waals surface area contributed by atoms with Gasteiger partial charge in [-0.15, -0.1) is 0 Å². The molecule has 2 nitrogen and oxygen atoms in total. The van der Waals surface area contributed by atoms with E-state index in [9.17, 15) is 4.79 Å². The summed E-state index contributed by atoms with van der Waals surface area (Å²) in [5, 5.41) is 0. The Kier molecular flexibility index (Phi) is 9.23. The van der Waals surface area contributed by atoms with Crippen molar-refractivity contribution < 1.29 is 4.79 Å². The van der Waals surface area contributed by atoms with Gasteiger partial charge in [-0.1, -0.05) is 58.8 Å². The highest BCUT2D eigenvalue weighted by atomic mass is 16.1. The predicted molar refractivity (Wildman–Crippen MR) is 91.6 cm³/mol. The van der Waals surface area contributed by atoms with E-state index in [2.05, 4.69) is 32.6 Å². The second-order valence-electron chi connectivity index (χ2n) is 7.62. The maximum atomic E-state index is 12.0. The molecule has 0 aromatic carbocycles. The first-order valence-corrected chi connectivity index (χ1v) is 9.27. The molecule has 0 saturated carbocycles. The van der Waals surface area contributed by atoms with Crippen LogP contribution in [0, 0.1) is 11.8 Å². The first-order valence-electron chi connectivity index (χ1n) is 9.27. The number of unbranched alkanes of at least 4 members (excludes halogenated alkanes) is 6. The first-order chi connectivity index (χ1) is 10.0. The van der Waals surface area contributed by atoms with E-state index in [4.69, 9.17) is 0 Å². The van der Waals surface area contributed by atoms with Crippen LogP contribution in [0.5, 0.6) is 0 Å². The van der Waals surface area contributed by atoms with Gasteiger partial charge in [0, 0.05) is 31.5 Å². The number of hydrogen-bond donors (Lipinski definition) is 0. The molecule has 1 heterocycles. The second kappa shape index (κ2) is 10.4. The predicted octanol–water partition coefficient (Wildman–Crippen LogP) is 5.06. The molecule has 0 radical (unpaired) electrons. The van der Waals surface area contributed by atoms with Crippen LogP contribution >= 0.6 is 0 Å². The van der Waals surface area contributed by atoms with Crippen LogP contribution in [0.3, 0.4) is 0 Å². The van der Waals surface area contributed by atoms with Gasteiger partial charge >= 0.3 is 0 Å². The zero-order chi connectivity index (χ0) is 15.7. The minimum atomic E-state index is 0.350. The van der Waals surface area contributed by atoms with Crippen LogP contribution in [0.1, 0.15) is 85.5 Å². The molecule has 0 amide bonds. The van der Waals surface area contributed by atoms with Crippen molar-refractivity contribution in [3.63, 3.8) is 0 Å². The zero-order valence-corrected chi connectivity index (χ0v) is 14.9. The average Bonchev–Trinajstić information content (AvgIpc) is 2.34. The summed E-state index contributed by atoms with van der Waals surface area (Å²) in [4.78, 5) is 14.4. The molecule has 0 spiro atoms. The van der Waals surface area contributed by atoms with E-state index >= 15 is 0 Å². The van der Waals surface area contributed by atoms with Gasteiger partial charge < -0.3 is 0 Å². The van der Waals surface area contributed by atoms with Crippen LogP contribution < -0.4 is 0 Å². The lowest BCUT2D eigenvalue weighted by molar-refractivity contribution is -0.128. The molecule has 1 fully saturated rings. The summed E-state index contributed by atoms with van der Waals surface area (Å²) in [6.07, 6.45) is 11.4. The molecule has 0 atom stereocenters. The maximum absolute atomic E-state index is 12.0. The standard InChI is InChI=1S/C19H37NO/c1-16(2)12-10-8-6-5-7-9-11-13-19(21)18-14-20(15-18)17(3)4/h16-18H,5-15H2,1-4H3. The van der Waals surface area contributed by atoms with Crippen LogP contribution in [0.25, 0.3) is 0 Å². The number of hydrogen-bond acceptors (Lipinski definition) is 2. The summed E-state index contributed by atoms with van der Waals surface area (Å²) in [5.74, 6) is 1.72. The number of carbonyl (C=O) groups excluding carboxylic acids is 1. The van der Waals surface area contributed by atoms with E-state index in [1.54, 1.807) is 0 Å². The molecule has 0 bridgehead atoms. The van der Waals surface area contributed by atoms with E-state index in [0.29, 0.717) is 17.7 Å². The van der Waals surface area contributed by atoms with Gasteiger partial charge in [-0.3, -0.25) is 9.69 Å². The second-order valence-corrected chi connectivity index (χ2v) is 7.62. The fourth-order valence-corrected chi connectivity index (χ4v) is 3.08. The topological polar surface area (TPSA) is 20.3 Å². The summed E-state index contributed by atoms with van der Waals surface area (Å²) >= 11 is 0. The number of Topliss-reactive ketones (excluding diaryl/α,β-unsaturated/α-hetero) is 1. The van der Waals surface area contributed by atoms with Crippen LogP contribution in [0.4, 0.5) is 0 Å². The maximum Gasteiger partial charge on any atom is 0.138 e. The van der Waals surface area contributed by atoms with Gasteiger partial charge in [0.15, 0.2) is 0 Å².